The highest BCUT2D eigenvalue weighted by atomic mass is 14.5. The van der Waals surface area contributed by atoms with Gasteiger partial charge in [-0.2, -0.15) is 0 Å². The van der Waals surface area contributed by atoms with Gasteiger partial charge in [-0.15, -0.1) is 6.42 Å². The molecule has 0 aliphatic rings. The van der Waals surface area contributed by atoms with Gasteiger partial charge in [0.2, 0.25) is 0 Å². The van der Waals surface area contributed by atoms with Crippen LogP contribution in [0.25, 0.3) is 0 Å². The van der Waals surface area contributed by atoms with E-state index in [1.54, 1.807) is 0 Å². The van der Waals surface area contributed by atoms with Crippen LogP contribution in [0.3, 0.4) is 0 Å². The van der Waals surface area contributed by atoms with Crippen molar-refractivity contribution in [2.75, 3.05) is 6.54 Å². The number of benzene rings is 1. The molecule has 0 saturated heterocycles. The first-order valence-electron chi connectivity index (χ1n) is 4.63. The van der Waals surface area contributed by atoms with E-state index in [4.69, 9.17) is 12.2 Å². The third-order valence-corrected chi connectivity index (χ3v) is 2.07. The third kappa shape index (κ3) is 2.93. The van der Waals surface area contributed by atoms with Crippen LogP contribution >= 0.6 is 0 Å². The van der Waals surface area contributed by atoms with Gasteiger partial charge >= 0.3 is 0 Å². The number of rotatable bonds is 4. The molecule has 0 unspecified atom stereocenters. The largest absolute Gasteiger partial charge is 0.330 e. The highest BCUT2D eigenvalue weighted by molar-refractivity contribution is 5.39. The summed E-state index contributed by atoms with van der Waals surface area (Å²) in [7, 11) is 0. The Balaban J connectivity index is 2.60. The second-order valence-electron chi connectivity index (χ2n) is 3.05. The van der Waals surface area contributed by atoms with Crippen LogP contribution in [0.4, 0.5) is 0 Å². The van der Waals surface area contributed by atoms with Crippen molar-refractivity contribution in [3.05, 3.63) is 35.4 Å². The fourth-order valence-electron chi connectivity index (χ4n) is 1.34. The fourth-order valence-corrected chi connectivity index (χ4v) is 1.34. The number of hydrogen-bond acceptors (Lipinski definition) is 1. The number of hydrogen-bond donors (Lipinski definition) is 1. The molecule has 0 heterocycles. The lowest BCUT2D eigenvalue weighted by atomic mass is 10.0. The number of unbranched alkanes of at least 4 members (excludes halogenated alkanes) is 1. The zero-order valence-corrected chi connectivity index (χ0v) is 7.79. The molecule has 0 spiro atoms. The van der Waals surface area contributed by atoms with Crippen LogP contribution in [-0.4, -0.2) is 6.54 Å². The van der Waals surface area contributed by atoms with Crippen molar-refractivity contribution in [3.8, 4) is 12.3 Å². The summed E-state index contributed by atoms with van der Waals surface area (Å²) in [6.07, 6.45) is 8.61. The molecule has 1 aromatic carbocycles. The molecule has 0 amide bonds. The van der Waals surface area contributed by atoms with Gasteiger partial charge in [-0.1, -0.05) is 24.1 Å². The molecule has 1 heteroatoms. The van der Waals surface area contributed by atoms with E-state index >= 15 is 0 Å². The van der Waals surface area contributed by atoms with E-state index in [0.29, 0.717) is 0 Å². The molecule has 13 heavy (non-hydrogen) atoms. The van der Waals surface area contributed by atoms with E-state index < -0.39 is 0 Å². The SMILES string of the molecule is C#Cc1ccccc1CCCCN. The molecule has 0 radical (unpaired) electrons. The van der Waals surface area contributed by atoms with Gasteiger partial charge in [0.25, 0.3) is 0 Å². The maximum absolute atomic E-state index is 5.42. The molecule has 1 aromatic rings. The zero-order valence-electron chi connectivity index (χ0n) is 7.79. The lowest BCUT2D eigenvalue weighted by Crippen LogP contribution is -1.99. The van der Waals surface area contributed by atoms with Crippen LogP contribution in [0.1, 0.15) is 24.0 Å². The summed E-state index contributed by atoms with van der Waals surface area (Å²) in [5.74, 6) is 2.69. The third-order valence-electron chi connectivity index (χ3n) is 2.07. The Hall–Kier alpha value is -1.26. The van der Waals surface area contributed by atoms with Crippen LogP contribution in [0.2, 0.25) is 0 Å². The summed E-state index contributed by atoms with van der Waals surface area (Å²) >= 11 is 0. The van der Waals surface area contributed by atoms with E-state index in [1.165, 1.54) is 5.56 Å². The highest BCUT2D eigenvalue weighted by Crippen LogP contribution is 2.10. The minimum absolute atomic E-state index is 0.762. The van der Waals surface area contributed by atoms with Crippen LogP contribution < -0.4 is 5.73 Å². The Morgan fingerprint density at radius 1 is 1.23 bits per heavy atom. The first-order valence-corrected chi connectivity index (χ1v) is 4.63. The summed E-state index contributed by atoms with van der Waals surface area (Å²) in [5, 5.41) is 0. The van der Waals surface area contributed by atoms with Crippen LogP contribution in [0.5, 0.6) is 0 Å². The number of nitrogens with two attached hydrogens (primary N) is 1. The standard InChI is InChI=1S/C12H15N/c1-2-11-7-3-4-8-12(11)9-5-6-10-13/h1,3-4,7-8H,5-6,9-10,13H2. The Labute approximate surface area is 80.0 Å². The molecule has 1 nitrogen and oxygen atoms in total. The van der Waals surface area contributed by atoms with E-state index in [1.807, 2.05) is 18.2 Å². The number of aryl methyl sites for hydroxylation is 1. The topological polar surface area (TPSA) is 26.0 Å². The maximum Gasteiger partial charge on any atom is 0.0274 e. The second-order valence-corrected chi connectivity index (χ2v) is 3.05. The quantitative estimate of drug-likeness (QED) is 0.546. The van der Waals surface area contributed by atoms with Crippen molar-refractivity contribution in [2.45, 2.75) is 19.3 Å². The number of terminal acetylenes is 1. The maximum atomic E-state index is 5.42. The van der Waals surface area contributed by atoms with Gasteiger partial charge in [0.05, 0.1) is 0 Å². The van der Waals surface area contributed by atoms with Crippen molar-refractivity contribution >= 4 is 0 Å². The van der Waals surface area contributed by atoms with E-state index in [2.05, 4.69) is 12.0 Å². The smallest absolute Gasteiger partial charge is 0.0274 e. The fraction of sp³-hybridized carbons (Fsp3) is 0.333. The van der Waals surface area contributed by atoms with E-state index in [9.17, 15) is 0 Å². The Bertz CT molecular complexity index is 296. The minimum atomic E-state index is 0.762. The minimum Gasteiger partial charge on any atom is -0.330 e. The average molecular weight is 173 g/mol. The molecule has 0 bridgehead atoms. The molecule has 0 aromatic heterocycles. The monoisotopic (exact) mass is 173 g/mol. The molecule has 0 saturated carbocycles. The molecular weight excluding hydrogens is 158 g/mol. The molecule has 0 aliphatic carbocycles. The summed E-state index contributed by atoms with van der Waals surface area (Å²) < 4.78 is 0. The van der Waals surface area contributed by atoms with Gasteiger partial charge in [-0.3, -0.25) is 0 Å². The summed E-state index contributed by atoms with van der Waals surface area (Å²) in [6.45, 7) is 0.762. The molecule has 0 fully saturated rings. The van der Waals surface area contributed by atoms with Gasteiger partial charge in [0.15, 0.2) is 0 Å². The van der Waals surface area contributed by atoms with Crippen molar-refractivity contribution in [1.82, 2.24) is 0 Å². The average Bonchev–Trinajstić information content (AvgIpc) is 2.19. The zero-order chi connectivity index (χ0) is 9.52. The Morgan fingerprint density at radius 2 is 2.00 bits per heavy atom. The normalized spacial score (nSPS) is 9.54. The summed E-state index contributed by atoms with van der Waals surface area (Å²) in [4.78, 5) is 0. The van der Waals surface area contributed by atoms with Crippen molar-refractivity contribution in [3.63, 3.8) is 0 Å². The van der Waals surface area contributed by atoms with Crippen molar-refractivity contribution in [1.29, 1.82) is 0 Å². The molecule has 2 N–H and O–H groups in total. The van der Waals surface area contributed by atoms with E-state index in [-0.39, 0.29) is 0 Å². The molecule has 68 valence electrons. The second kappa shape index (κ2) is 5.40. The van der Waals surface area contributed by atoms with Crippen LogP contribution in [-0.2, 0) is 6.42 Å². The summed E-state index contributed by atoms with van der Waals surface area (Å²) in [5.41, 5.74) is 7.70. The predicted octanol–water partition coefficient (Wildman–Crippen LogP) is 1.95. The summed E-state index contributed by atoms with van der Waals surface area (Å²) in [6, 6.07) is 8.07. The van der Waals surface area contributed by atoms with Crippen LogP contribution in [0, 0.1) is 12.3 Å². The highest BCUT2D eigenvalue weighted by Gasteiger charge is 1.97. The first kappa shape index (κ1) is 9.83. The molecule has 0 atom stereocenters. The van der Waals surface area contributed by atoms with Gasteiger partial charge in [0.1, 0.15) is 0 Å². The van der Waals surface area contributed by atoms with E-state index in [0.717, 1.165) is 31.4 Å². The first-order chi connectivity index (χ1) is 6.38. The van der Waals surface area contributed by atoms with Gasteiger partial charge in [-0.25, -0.2) is 0 Å². The van der Waals surface area contributed by atoms with Crippen molar-refractivity contribution in [2.24, 2.45) is 5.73 Å². The molecule has 0 aliphatic heterocycles. The van der Waals surface area contributed by atoms with Gasteiger partial charge in [-0.05, 0) is 37.4 Å². The van der Waals surface area contributed by atoms with Gasteiger partial charge in [0, 0.05) is 5.56 Å². The Kier molecular flexibility index (Phi) is 4.08. The lowest BCUT2D eigenvalue weighted by Gasteiger charge is -2.02. The van der Waals surface area contributed by atoms with Crippen LogP contribution in [0.15, 0.2) is 24.3 Å². The van der Waals surface area contributed by atoms with Crippen molar-refractivity contribution < 1.29 is 0 Å². The Morgan fingerprint density at radius 3 is 2.69 bits per heavy atom. The lowest BCUT2D eigenvalue weighted by molar-refractivity contribution is 0.744. The molecular formula is C12H15N. The van der Waals surface area contributed by atoms with Gasteiger partial charge < -0.3 is 5.73 Å². The molecule has 1 rings (SSSR count). The predicted molar refractivity (Wildman–Crippen MR) is 56.4 cm³/mol.